The monoisotopic (exact) mass is 295 g/mol. The number of methoxy groups -OCH3 is 1. The molecule has 0 unspecified atom stereocenters. The number of benzene rings is 2. The molecular formula is C16H13N3O3. The van der Waals surface area contributed by atoms with Crippen LogP contribution in [0.3, 0.4) is 0 Å². The first-order valence-corrected chi connectivity index (χ1v) is 6.40. The Morgan fingerprint density at radius 1 is 1.09 bits per heavy atom. The summed E-state index contributed by atoms with van der Waals surface area (Å²) >= 11 is 0. The zero-order chi connectivity index (χ0) is 15.9. The molecule has 0 heterocycles. The van der Waals surface area contributed by atoms with Crippen molar-refractivity contribution in [2.24, 2.45) is 0 Å². The second kappa shape index (κ2) is 6.90. The highest BCUT2D eigenvalue weighted by Gasteiger charge is 2.13. The Morgan fingerprint density at radius 2 is 1.82 bits per heavy atom. The summed E-state index contributed by atoms with van der Waals surface area (Å²) in [6.07, 6.45) is 0. The Morgan fingerprint density at radius 3 is 2.45 bits per heavy atom. The van der Waals surface area contributed by atoms with Gasteiger partial charge in [-0.2, -0.15) is 5.26 Å². The van der Waals surface area contributed by atoms with Crippen LogP contribution in [-0.4, -0.2) is 19.0 Å². The lowest BCUT2D eigenvalue weighted by Crippen LogP contribution is -2.34. The number of anilines is 1. The fraction of sp³-hybridized carbons (Fsp3) is 0.0625. The molecule has 22 heavy (non-hydrogen) atoms. The van der Waals surface area contributed by atoms with Crippen LogP contribution in [-0.2, 0) is 0 Å². The predicted octanol–water partition coefficient (Wildman–Crippen LogP) is 2.53. The van der Waals surface area contributed by atoms with E-state index in [9.17, 15) is 9.59 Å². The number of carbonyl (C=O) groups is 2. The van der Waals surface area contributed by atoms with Crippen LogP contribution in [0.4, 0.5) is 10.5 Å². The van der Waals surface area contributed by atoms with E-state index in [0.29, 0.717) is 11.3 Å². The summed E-state index contributed by atoms with van der Waals surface area (Å²) in [4.78, 5) is 23.7. The molecule has 2 aromatic carbocycles. The van der Waals surface area contributed by atoms with E-state index in [1.807, 2.05) is 6.07 Å². The Balaban J connectivity index is 2.10. The number of ether oxygens (including phenoxy) is 1. The van der Waals surface area contributed by atoms with Gasteiger partial charge in [0.15, 0.2) is 0 Å². The Labute approximate surface area is 127 Å². The number of urea groups is 1. The molecule has 0 fully saturated rings. The van der Waals surface area contributed by atoms with Gasteiger partial charge in [0.05, 0.1) is 12.8 Å². The van der Waals surface area contributed by atoms with Crippen molar-refractivity contribution in [2.75, 3.05) is 12.4 Å². The third kappa shape index (κ3) is 3.41. The molecule has 0 aliphatic heterocycles. The van der Waals surface area contributed by atoms with Crippen LogP contribution in [0.1, 0.15) is 15.9 Å². The average Bonchev–Trinajstić information content (AvgIpc) is 2.55. The highest BCUT2D eigenvalue weighted by molar-refractivity contribution is 6.08. The maximum Gasteiger partial charge on any atom is 0.326 e. The van der Waals surface area contributed by atoms with Gasteiger partial charge in [-0.15, -0.1) is 0 Å². The maximum atomic E-state index is 11.9. The highest BCUT2D eigenvalue weighted by Crippen LogP contribution is 2.25. The van der Waals surface area contributed by atoms with Crippen LogP contribution >= 0.6 is 0 Å². The van der Waals surface area contributed by atoms with E-state index in [1.54, 1.807) is 48.5 Å². The molecule has 2 rings (SSSR count). The summed E-state index contributed by atoms with van der Waals surface area (Å²) in [5.74, 6) is -0.186. The first-order chi connectivity index (χ1) is 10.7. The molecule has 6 heteroatoms. The number of hydrogen-bond donors (Lipinski definition) is 2. The molecule has 2 aromatic rings. The Kier molecular flexibility index (Phi) is 4.73. The van der Waals surface area contributed by atoms with E-state index in [2.05, 4.69) is 10.6 Å². The molecule has 2 N–H and O–H groups in total. The SMILES string of the molecule is COc1cccc(NC(=O)NC(=O)c2ccccc2)c1C#N. The fourth-order valence-corrected chi connectivity index (χ4v) is 1.84. The van der Waals surface area contributed by atoms with Crippen molar-refractivity contribution in [1.82, 2.24) is 5.32 Å². The largest absolute Gasteiger partial charge is 0.495 e. The molecule has 6 nitrogen and oxygen atoms in total. The highest BCUT2D eigenvalue weighted by atomic mass is 16.5. The van der Waals surface area contributed by atoms with Crippen molar-refractivity contribution in [2.45, 2.75) is 0 Å². The first kappa shape index (κ1) is 15.1. The van der Waals surface area contributed by atoms with Crippen LogP contribution < -0.4 is 15.4 Å². The van der Waals surface area contributed by atoms with Crippen molar-refractivity contribution >= 4 is 17.6 Å². The van der Waals surface area contributed by atoms with E-state index in [0.717, 1.165) is 0 Å². The number of hydrogen-bond acceptors (Lipinski definition) is 4. The smallest absolute Gasteiger partial charge is 0.326 e. The molecule has 0 aliphatic carbocycles. The van der Waals surface area contributed by atoms with Crippen LogP contribution in [0.5, 0.6) is 5.75 Å². The number of nitriles is 1. The zero-order valence-electron chi connectivity index (χ0n) is 11.8. The van der Waals surface area contributed by atoms with Crippen molar-refractivity contribution in [1.29, 1.82) is 5.26 Å². The fourth-order valence-electron chi connectivity index (χ4n) is 1.84. The molecule has 0 atom stereocenters. The van der Waals surface area contributed by atoms with Gasteiger partial charge in [0.2, 0.25) is 0 Å². The maximum absolute atomic E-state index is 11.9. The third-order valence-electron chi connectivity index (χ3n) is 2.87. The van der Waals surface area contributed by atoms with Crippen molar-refractivity contribution in [3.05, 3.63) is 59.7 Å². The first-order valence-electron chi connectivity index (χ1n) is 6.40. The van der Waals surface area contributed by atoms with Gasteiger partial charge in [0, 0.05) is 5.56 Å². The van der Waals surface area contributed by atoms with Gasteiger partial charge in [0.25, 0.3) is 5.91 Å². The van der Waals surface area contributed by atoms with Crippen LogP contribution in [0.25, 0.3) is 0 Å². The molecule has 0 radical (unpaired) electrons. The quantitative estimate of drug-likeness (QED) is 0.910. The number of nitrogens with one attached hydrogen (secondary N) is 2. The molecule has 3 amide bonds. The summed E-state index contributed by atoms with van der Waals surface area (Å²) in [6, 6.07) is 14.4. The summed E-state index contributed by atoms with van der Waals surface area (Å²) < 4.78 is 5.05. The summed E-state index contributed by atoms with van der Waals surface area (Å²) in [7, 11) is 1.43. The summed E-state index contributed by atoms with van der Waals surface area (Å²) in [5.41, 5.74) is 0.816. The predicted molar refractivity (Wildman–Crippen MR) is 80.6 cm³/mol. The van der Waals surface area contributed by atoms with Gasteiger partial charge in [-0.3, -0.25) is 10.1 Å². The molecule has 0 saturated heterocycles. The van der Waals surface area contributed by atoms with E-state index in [4.69, 9.17) is 10.00 Å². The molecule has 110 valence electrons. The summed E-state index contributed by atoms with van der Waals surface area (Å²) in [5, 5.41) is 13.8. The van der Waals surface area contributed by atoms with Crippen LogP contribution in [0.2, 0.25) is 0 Å². The Bertz CT molecular complexity index is 736. The van der Waals surface area contributed by atoms with Crippen LogP contribution in [0, 0.1) is 11.3 Å². The molecule has 0 spiro atoms. The van der Waals surface area contributed by atoms with Crippen molar-refractivity contribution in [3.63, 3.8) is 0 Å². The molecule has 0 aliphatic rings. The number of imide groups is 1. The second-order valence-corrected chi connectivity index (χ2v) is 4.27. The van der Waals surface area contributed by atoms with Gasteiger partial charge in [-0.1, -0.05) is 24.3 Å². The summed E-state index contributed by atoms with van der Waals surface area (Å²) in [6.45, 7) is 0. The second-order valence-electron chi connectivity index (χ2n) is 4.27. The van der Waals surface area contributed by atoms with E-state index in [1.165, 1.54) is 7.11 Å². The normalized spacial score (nSPS) is 9.45. The van der Waals surface area contributed by atoms with Gasteiger partial charge >= 0.3 is 6.03 Å². The Hall–Kier alpha value is -3.33. The molecular weight excluding hydrogens is 282 g/mol. The number of amides is 3. The van der Waals surface area contributed by atoms with Gasteiger partial charge in [0.1, 0.15) is 17.4 Å². The topological polar surface area (TPSA) is 91.2 Å². The van der Waals surface area contributed by atoms with E-state index < -0.39 is 11.9 Å². The lowest BCUT2D eigenvalue weighted by molar-refractivity contribution is 0.0967. The minimum Gasteiger partial charge on any atom is -0.495 e. The standard InChI is InChI=1S/C16H13N3O3/c1-22-14-9-5-8-13(12(14)10-17)18-16(21)19-15(20)11-6-3-2-4-7-11/h2-9H,1H3,(H2,18,19,20,21). The molecule has 0 aromatic heterocycles. The van der Waals surface area contributed by atoms with Crippen molar-refractivity contribution in [3.8, 4) is 11.8 Å². The van der Waals surface area contributed by atoms with Gasteiger partial charge < -0.3 is 10.1 Å². The van der Waals surface area contributed by atoms with Crippen LogP contribution in [0.15, 0.2) is 48.5 Å². The minimum absolute atomic E-state index is 0.187. The number of carbonyl (C=O) groups excluding carboxylic acids is 2. The number of rotatable bonds is 3. The van der Waals surface area contributed by atoms with E-state index in [-0.39, 0.29) is 11.3 Å². The zero-order valence-corrected chi connectivity index (χ0v) is 11.8. The third-order valence-corrected chi connectivity index (χ3v) is 2.87. The average molecular weight is 295 g/mol. The van der Waals surface area contributed by atoms with Gasteiger partial charge in [-0.05, 0) is 24.3 Å². The lowest BCUT2D eigenvalue weighted by atomic mass is 10.1. The number of nitrogens with zero attached hydrogens (tertiary/aromatic N) is 1. The van der Waals surface area contributed by atoms with E-state index >= 15 is 0 Å². The van der Waals surface area contributed by atoms with Gasteiger partial charge in [-0.25, -0.2) is 4.79 Å². The minimum atomic E-state index is -0.724. The lowest BCUT2D eigenvalue weighted by Gasteiger charge is -2.10. The molecule has 0 bridgehead atoms. The molecule has 0 saturated carbocycles. The van der Waals surface area contributed by atoms with Crippen molar-refractivity contribution < 1.29 is 14.3 Å².